The Hall–Kier alpha value is -2.45. The van der Waals surface area contributed by atoms with Crippen LogP contribution in [0, 0.1) is 5.82 Å². The lowest BCUT2D eigenvalue weighted by Gasteiger charge is -2.08. The smallest absolute Gasteiger partial charge is 0.123 e. The molecule has 3 aromatic carbocycles. The summed E-state index contributed by atoms with van der Waals surface area (Å²) in [5.74, 6) is 1.17. The maximum atomic E-state index is 12.4. The zero-order chi connectivity index (χ0) is 23.8. The molecule has 0 aliphatic heterocycles. The van der Waals surface area contributed by atoms with E-state index in [1.165, 1.54) is 42.5 Å². The molecule has 174 valence electrons. The first-order chi connectivity index (χ1) is 15.4. The fourth-order valence-electron chi connectivity index (χ4n) is 3.32. The van der Waals surface area contributed by atoms with Gasteiger partial charge in [0.15, 0.2) is 0 Å². The molecule has 1 nitrogen and oxygen atoms in total. The quantitative estimate of drug-likeness (QED) is 0.391. The van der Waals surface area contributed by atoms with Crippen molar-refractivity contribution in [3.05, 3.63) is 107 Å². The summed E-state index contributed by atoms with van der Waals surface area (Å²) in [7, 11) is 0. The van der Waals surface area contributed by atoms with Crippen LogP contribution in [0.1, 0.15) is 94.9 Å². The van der Waals surface area contributed by atoms with Gasteiger partial charge in [-0.2, -0.15) is 0 Å². The van der Waals surface area contributed by atoms with Crippen LogP contribution in [0.25, 0.3) is 0 Å². The van der Waals surface area contributed by atoms with E-state index in [0.29, 0.717) is 12.3 Å². The van der Waals surface area contributed by atoms with E-state index in [2.05, 4.69) is 88.4 Å². The molecule has 0 aliphatic rings. The van der Waals surface area contributed by atoms with E-state index < -0.39 is 6.10 Å². The molecular weight excluding hydrogens is 395 g/mol. The summed E-state index contributed by atoms with van der Waals surface area (Å²) < 4.78 is 12.4. The van der Waals surface area contributed by atoms with Crippen molar-refractivity contribution in [2.24, 2.45) is 0 Å². The molecular formula is C30H41FO. The van der Waals surface area contributed by atoms with E-state index in [1.807, 2.05) is 6.92 Å². The number of hydrogen-bond acceptors (Lipinski definition) is 1. The lowest BCUT2D eigenvalue weighted by molar-refractivity contribution is 0.173. The average Bonchev–Trinajstić information content (AvgIpc) is 2.85. The second-order valence-corrected chi connectivity index (χ2v) is 8.30. The van der Waals surface area contributed by atoms with Crippen LogP contribution in [0.5, 0.6) is 0 Å². The van der Waals surface area contributed by atoms with Crippen molar-refractivity contribution in [2.45, 2.75) is 78.2 Å². The van der Waals surface area contributed by atoms with E-state index in [0.717, 1.165) is 11.5 Å². The van der Waals surface area contributed by atoms with Gasteiger partial charge in [0.1, 0.15) is 5.82 Å². The van der Waals surface area contributed by atoms with Crippen LogP contribution in [-0.4, -0.2) is 5.11 Å². The molecule has 0 amide bonds. The average molecular weight is 437 g/mol. The Bertz CT molecular complexity index is 814. The van der Waals surface area contributed by atoms with Gasteiger partial charge in [0.2, 0.25) is 0 Å². The van der Waals surface area contributed by atoms with Crippen LogP contribution in [0.15, 0.2) is 84.9 Å². The number of benzene rings is 3. The molecule has 0 saturated carbocycles. The fourth-order valence-corrected chi connectivity index (χ4v) is 3.32. The Morgan fingerprint density at radius 1 is 0.625 bits per heavy atom. The van der Waals surface area contributed by atoms with Gasteiger partial charge >= 0.3 is 0 Å². The SMILES string of the molecule is CCC(C)c1ccccc1.CCC(O)c1ccc(F)cc1.CCCC(C)c1ccccc1. The van der Waals surface area contributed by atoms with Gasteiger partial charge in [0.25, 0.3) is 0 Å². The third kappa shape index (κ3) is 10.7. The first kappa shape index (κ1) is 27.6. The van der Waals surface area contributed by atoms with Crippen LogP contribution < -0.4 is 0 Å². The Morgan fingerprint density at radius 2 is 1.09 bits per heavy atom. The normalized spacial score (nSPS) is 13.0. The third-order valence-electron chi connectivity index (χ3n) is 5.71. The van der Waals surface area contributed by atoms with E-state index >= 15 is 0 Å². The van der Waals surface area contributed by atoms with Crippen molar-refractivity contribution in [1.82, 2.24) is 0 Å². The summed E-state index contributed by atoms with van der Waals surface area (Å²) in [5, 5.41) is 9.30. The predicted octanol–water partition coefficient (Wildman–Crippen LogP) is 9.06. The van der Waals surface area contributed by atoms with Crippen molar-refractivity contribution in [1.29, 1.82) is 0 Å². The van der Waals surface area contributed by atoms with E-state index in [4.69, 9.17) is 0 Å². The molecule has 3 rings (SSSR count). The summed E-state index contributed by atoms with van der Waals surface area (Å²) >= 11 is 0. The van der Waals surface area contributed by atoms with Gasteiger partial charge in [0, 0.05) is 0 Å². The highest BCUT2D eigenvalue weighted by Crippen LogP contribution is 2.19. The highest BCUT2D eigenvalue weighted by molar-refractivity contribution is 5.19. The minimum Gasteiger partial charge on any atom is -0.388 e. The van der Waals surface area contributed by atoms with Gasteiger partial charge in [-0.25, -0.2) is 4.39 Å². The number of hydrogen-bond donors (Lipinski definition) is 1. The van der Waals surface area contributed by atoms with Crippen LogP contribution in [-0.2, 0) is 0 Å². The molecule has 0 spiro atoms. The van der Waals surface area contributed by atoms with E-state index in [1.54, 1.807) is 12.1 Å². The molecule has 0 bridgehead atoms. The molecule has 0 aliphatic carbocycles. The summed E-state index contributed by atoms with van der Waals surface area (Å²) in [5.41, 5.74) is 3.69. The lowest BCUT2D eigenvalue weighted by atomic mass is 9.97. The molecule has 0 heterocycles. The number of aliphatic hydroxyl groups is 1. The Kier molecular flexibility index (Phi) is 14.0. The molecule has 0 saturated heterocycles. The van der Waals surface area contributed by atoms with Gasteiger partial charge in [-0.1, -0.05) is 114 Å². The van der Waals surface area contributed by atoms with Crippen LogP contribution in [0.2, 0.25) is 0 Å². The van der Waals surface area contributed by atoms with E-state index in [9.17, 15) is 9.50 Å². The van der Waals surface area contributed by atoms with Gasteiger partial charge in [0.05, 0.1) is 6.10 Å². The summed E-state index contributed by atoms with van der Waals surface area (Å²) in [6, 6.07) is 27.3. The Morgan fingerprint density at radius 3 is 1.50 bits per heavy atom. The van der Waals surface area contributed by atoms with E-state index in [-0.39, 0.29) is 5.82 Å². The van der Waals surface area contributed by atoms with Crippen molar-refractivity contribution in [3.63, 3.8) is 0 Å². The van der Waals surface area contributed by atoms with Crippen molar-refractivity contribution in [2.75, 3.05) is 0 Å². The monoisotopic (exact) mass is 436 g/mol. The zero-order valence-electron chi connectivity index (χ0n) is 20.5. The predicted molar refractivity (Wildman–Crippen MR) is 137 cm³/mol. The highest BCUT2D eigenvalue weighted by Gasteiger charge is 2.03. The second kappa shape index (κ2) is 16.2. The molecule has 2 heteroatoms. The minimum atomic E-state index is -0.462. The zero-order valence-corrected chi connectivity index (χ0v) is 20.5. The van der Waals surface area contributed by atoms with Gasteiger partial charge in [-0.05, 0) is 59.9 Å². The Balaban J connectivity index is 0.000000240. The summed E-state index contributed by atoms with van der Waals surface area (Å²) in [4.78, 5) is 0. The molecule has 3 unspecified atom stereocenters. The van der Waals surface area contributed by atoms with Crippen molar-refractivity contribution >= 4 is 0 Å². The highest BCUT2D eigenvalue weighted by atomic mass is 19.1. The lowest BCUT2D eigenvalue weighted by Crippen LogP contribution is -1.94. The molecule has 3 aromatic rings. The molecule has 0 radical (unpaired) electrons. The second-order valence-electron chi connectivity index (χ2n) is 8.30. The first-order valence-electron chi connectivity index (χ1n) is 12.0. The van der Waals surface area contributed by atoms with Crippen LogP contribution in [0.4, 0.5) is 4.39 Å². The molecule has 0 fully saturated rings. The number of halogens is 1. The summed E-state index contributed by atoms with van der Waals surface area (Å²) in [6.45, 7) is 10.9. The van der Waals surface area contributed by atoms with Gasteiger partial charge < -0.3 is 5.11 Å². The van der Waals surface area contributed by atoms with Crippen molar-refractivity contribution < 1.29 is 9.50 Å². The van der Waals surface area contributed by atoms with Crippen LogP contribution in [0.3, 0.4) is 0 Å². The largest absolute Gasteiger partial charge is 0.388 e. The summed E-state index contributed by atoms with van der Waals surface area (Å²) in [6.07, 6.45) is 3.99. The fraction of sp³-hybridized carbons (Fsp3) is 0.400. The van der Waals surface area contributed by atoms with Gasteiger partial charge in [-0.15, -0.1) is 0 Å². The van der Waals surface area contributed by atoms with Gasteiger partial charge in [-0.3, -0.25) is 0 Å². The number of rotatable bonds is 7. The first-order valence-corrected chi connectivity index (χ1v) is 12.0. The molecule has 3 atom stereocenters. The topological polar surface area (TPSA) is 20.2 Å². The molecule has 0 aromatic heterocycles. The number of aliphatic hydroxyl groups excluding tert-OH is 1. The third-order valence-corrected chi connectivity index (χ3v) is 5.71. The standard InChI is InChI=1S/C11H16.C10H14.C9H11FO/c1-3-7-10(2)11-8-5-4-6-9-11;1-3-9(2)10-7-5-4-6-8-10;1-2-9(11)7-3-5-8(10)6-4-7/h4-6,8-10H,3,7H2,1-2H3;4-9H,3H2,1-2H3;3-6,9,11H,2H2,1H3. The molecule has 32 heavy (non-hydrogen) atoms. The van der Waals surface area contributed by atoms with Crippen LogP contribution >= 0.6 is 0 Å². The van der Waals surface area contributed by atoms with Crippen molar-refractivity contribution in [3.8, 4) is 0 Å². The molecule has 1 N–H and O–H groups in total. The maximum absolute atomic E-state index is 12.4. The minimum absolute atomic E-state index is 0.267. The Labute approximate surface area is 195 Å². The maximum Gasteiger partial charge on any atom is 0.123 e.